The molecule has 5 aliphatic rings. The summed E-state index contributed by atoms with van der Waals surface area (Å²) in [5, 5.41) is 3.26. The summed E-state index contributed by atoms with van der Waals surface area (Å²) in [5.41, 5.74) is 0.326. The van der Waals surface area contributed by atoms with Crippen molar-refractivity contribution in [2.24, 2.45) is 29.1 Å². The number of rotatable bonds is 4. The number of amides is 1. The molecule has 5 fully saturated rings. The van der Waals surface area contributed by atoms with Gasteiger partial charge >= 0.3 is 0 Å². The molecular formula is C18H29NO3S. The van der Waals surface area contributed by atoms with Crippen molar-refractivity contribution < 1.29 is 13.2 Å². The minimum atomic E-state index is -2.89. The summed E-state index contributed by atoms with van der Waals surface area (Å²) < 4.78 is 23.1. The van der Waals surface area contributed by atoms with Crippen LogP contribution in [0.5, 0.6) is 0 Å². The van der Waals surface area contributed by atoms with Gasteiger partial charge in [0.05, 0.1) is 11.5 Å². The Bertz CT molecular complexity index is 562. The maximum Gasteiger partial charge on any atom is 0.220 e. The first-order chi connectivity index (χ1) is 10.8. The molecule has 0 aromatic carbocycles. The summed E-state index contributed by atoms with van der Waals surface area (Å²) in [6, 6.07) is 0.237. The van der Waals surface area contributed by atoms with Crippen LogP contribution in [0.4, 0.5) is 0 Å². The van der Waals surface area contributed by atoms with Crippen LogP contribution < -0.4 is 5.32 Å². The molecule has 4 saturated carbocycles. The molecule has 0 aromatic rings. The van der Waals surface area contributed by atoms with Crippen molar-refractivity contribution in [3.8, 4) is 0 Å². The lowest BCUT2D eigenvalue weighted by Gasteiger charge is -2.59. The third-order valence-corrected chi connectivity index (χ3v) is 9.02. The molecule has 1 aliphatic heterocycles. The van der Waals surface area contributed by atoms with Gasteiger partial charge in [-0.05, 0) is 81.0 Å². The Morgan fingerprint density at radius 3 is 2.17 bits per heavy atom. The molecule has 1 N–H and O–H groups in total. The van der Waals surface area contributed by atoms with Crippen molar-refractivity contribution in [1.29, 1.82) is 0 Å². The van der Waals surface area contributed by atoms with Crippen LogP contribution in [-0.2, 0) is 14.6 Å². The molecule has 4 aliphatic carbocycles. The Labute approximate surface area is 139 Å². The Morgan fingerprint density at radius 1 is 1.13 bits per heavy atom. The summed E-state index contributed by atoms with van der Waals surface area (Å²) in [6.07, 6.45) is 9.16. The topological polar surface area (TPSA) is 63.2 Å². The highest BCUT2D eigenvalue weighted by molar-refractivity contribution is 7.91. The van der Waals surface area contributed by atoms with Crippen molar-refractivity contribution >= 4 is 15.7 Å². The van der Waals surface area contributed by atoms with Crippen LogP contribution in [0, 0.1) is 29.1 Å². The first kappa shape index (κ1) is 15.9. The summed E-state index contributed by atoms with van der Waals surface area (Å²) in [7, 11) is -2.89. The molecule has 4 bridgehead atoms. The second kappa shape index (κ2) is 5.47. The highest BCUT2D eigenvalue weighted by Gasteiger charge is 2.53. The van der Waals surface area contributed by atoms with Gasteiger partial charge in [0.2, 0.25) is 5.91 Å². The number of nitrogens with one attached hydrogen (secondary N) is 1. The van der Waals surface area contributed by atoms with Gasteiger partial charge in [0, 0.05) is 12.5 Å². The number of hydrogen-bond donors (Lipinski definition) is 1. The van der Waals surface area contributed by atoms with E-state index in [1.807, 2.05) is 0 Å². The van der Waals surface area contributed by atoms with Crippen LogP contribution in [0.3, 0.4) is 0 Å². The molecule has 5 heteroatoms. The quantitative estimate of drug-likeness (QED) is 0.856. The van der Waals surface area contributed by atoms with Gasteiger partial charge in [-0.15, -0.1) is 0 Å². The Hall–Kier alpha value is -0.580. The fourth-order valence-electron chi connectivity index (χ4n) is 6.46. The summed E-state index contributed by atoms with van der Waals surface area (Å²) in [4.78, 5) is 12.4. The van der Waals surface area contributed by atoms with E-state index in [-0.39, 0.29) is 29.4 Å². The molecule has 0 spiro atoms. The highest BCUT2D eigenvalue weighted by Crippen LogP contribution is 2.61. The molecule has 1 saturated heterocycles. The normalized spacial score (nSPS) is 45.1. The van der Waals surface area contributed by atoms with E-state index in [1.54, 1.807) is 0 Å². The first-order valence-corrected chi connectivity index (χ1v) is 11.2. The van der Waals surface area contributed by atoms with Crippen molar-refractivity contribution in [2.45, 2.75) is 64.3 Å². The van der Waals surface area contributed by atoms with E-state index < -0.39 is 9.84 Å². The molecule has 0 unspecified atom stereocenters. The van der Waals surface area contributed by atoms with E-state index >= 15 is 0 Å². The molecule has 23 heavy (non-hydrogen) atoms. The largest absolute Gasteiger partial charge is 0.353 e. The van der Waals surface area contributed by atoms with Crippen molar-refractivity contribution in [2.75, 3.05) is 11.5 Å². The zero-order valence-electron chi connectivity index (χ0n) is 14.1. The SMILES string of the molecule is C[C@@H](NC(=O)C[C@H]1CCS(=O)(=O)C1)C12CC3CC(CC(C3)C1)C2. The summed E-state index contributed by atoms with van der Waals surface area (Å²) in [5.74, 6) is 3.22. The molecule has 130 valence electrons. The standard InChI is InChI=1S/C18H29NO3S/c1-12(19-17(20)7-13-2-3-23(21,22)11-13)18-8-14-4-15(9-18)6-16(5-14)10-18/h12-16H,2-11H2,1H3,(H,19,20)/t12-,13-,14?,15?,16?,18?/m1/s1. The van der Waals surface area contributed by atoms with Crippen LogP contribution in [0.25, 0.3) is 0 Å². The fourth-order valence-corrected chi connectivity index (χ4v) is 8.32. The van der Waals surface area contributed by atoms with Crippen LogP contribution in [0.1, 0.15) is 58.3 Å². The average molecular weight is 340 g/mol. The van der Waals surface area contributed by atoms with Crippen molar-refractivity contribution in [3.63, 3.8) is 0 Å². The lowest BCUT2D eigenvalue weighted by atomic mass is 9.48. The molecule has 0 radical (unpaired) electrons. The van der Waals surface area contributed by atoms with E-state index in [0.29, 0.717) is 18.3 Å². The Morgan fingerprint density at radius 2 is 1.70 bits per heavy atom. The first-order valence-electron chi connectivity index (χ1n) is 9.33. The van der Waals surface area contributed by atoms with Gasteiger partial charge < -0.3 is 5.32 Å². The third-order valence-electron chi connectivity index (χ3n) is 7.18. The fraction of sp³-hybridized carbons (Fsp3) is 0.944. The maximum absolute atomic E-state index is 12.4. The van der Waals surface area contributed by atoms with Crippen LogP contribution in [-0.4, -0.2) is 31.9 Å². The molecule has 2 atom stereocenters. The minimum Gasteiger partial charge on any atom is -0.353 e. The predicted octanol–water partition coefficient (Wildman–Crippen LogP) is 2.53. The molecule has 4 nitrogen and oxygen atoms in total. The third kappa shape index (κ3) is 3.06. The van der Waals surface area contributed by atoms with Gasteiger partial charge in [0.1, 0.15) is 0 Å². The number of carbonyl (C=O) groups excluding carboxylic acids is 1. The minimum absolute atomic E-state index is 0.0311. The molecule has 1 amide bonds. The number of carbonyl (C=O) groups is 1. The van der Waals surface area contributed by atoms with E-state index in [1.165, 1.54) is 38.5 Å². The zero-order valence-corrected chi connectivity index (χ0v) is 14.9. The maximum atomic E-state index is 12.4. The van der Waals surface area contributed by atoms with Gasteiger partial charge in [-0.3, -0.25) is 4.79 Å². The van der Waals surface area contributed by atoms with E-state index in [9.17, 15) is 13.2 Å². The zero-order chi connectivity index (χ0) is 16.2. The van der Waals surface area contributed by atoms with Crippen molar-refractivity contribution in [1.82, 2.24) is 5.32 Å². The molecule has 5 rings (SSSR count). The van der Waals surface area contributed by atoms with Gasteiger partial charge in [0.15, 0.2) is 9.84 Å². The lowest BCUT2D eigenvalue weighted by molar-refractivity contribution is -0.126. The van der Waals surface area contributed by atoms with Gasteiger partial charge in [-0.2, -0.15) is 0 Å². The Kier molecular flexibility index (Phi) is 3.78. The summed E-state index contributed by atoms with van der Waals surface area (Å²) >= 11 is 0. The monoisotopic (exact) mass is 339 g/mol. The highest BCUT2D eigenvalue weighted by atomic mass is 32.2. The van der Waals surface area contributed by atoms with E-state index in [4.69, 9.17) is 0 Å². The van der Waals surface area contributed by atoms with Crippen molar-refractivity contribution in [3.05, 3.63) is 0 Å². The Balaban J connectivity index is 1.36. The van der Waals surface area contributed by atoms with Crippen LogP contribution in [0.15, 0.2) is 0 Å². The molecule has 0 aromatic heterocycles. The smallest absolute Gasteiger partial charge is 0.220 e. The van der Waals surface area contributed by atoms with Gasteiger partial charge in [-0.1, -0.05) is 0 Å². The molecular weight excluding hydrogens is 310 g/mol. The lowest BCUT2D eigenvalue weighted by Crippen LogP contribution is -2.55. The van der Waals surface area contributed by atoms with E-state index in [2.05, 4.69) is 12.2 Å². The number of sulfone groups is 1. The van der Waals surface area contributed by atoms with E-state index in [0.717, 1.165) is 17.8 Å². The average Bonchev–Trinajstić information content (AvgIpc) is 2.76. The van der Waals surface area contributed by atoms with Crippen LogP contribution >= 0.6 is 0 Å². The van der Waals surface area contributed by atoms with Gasteiger partial charge in [-0.25, -0.2) is 8.42 Å². The predicted molar refractivity (Wildman–Crippen MR) is 89.6 cm³/mol. The van der Waals surface area contributed by atoms with Crippen LogP contribution in [0.2, 0.25) is 0 Å². The summed E-state index contributed by atoms with van der Waals surface area (Å²) in [6.45, 7) is 2.19. The van der Waals surface area contributed by atoms with Gasteiger partial charge in [0.25, 0.3) is 0 Å². The second-order valence-corrected chi connectivity index (χ2v) is 11.3. The number of hydrogen-bond acceptors (Lipinski definition) is 3. The molecule has 1 heterocycles. The second-order valence-electron chi connectivity index (χ2n) is 9.04.